The number of rotatable bonds is 7. The highest BCUT2D eigenvalue weighted by Gasteiger charge is 1.99. The van der Waals surface area contributed by atoms with Crippen LogP contribution in [-0.2, 0) is 13.2 Å². The molecule has 2 aromatic heterocycles. The van der Waals surface area contributed by atoms with E-state index in [1.165, 1.54) is 0 Å². The number of ether oxygens (including phenoxy) is 1. The molecule has 0 atom stereocenters. The van der Waals surface area contributed by atoms with Gasteiger partial charge in [-0.25, -0.2) is 0 Å². The third kappa shape index (κ3) is 4.97. The lowest BCUT2D eigenvalue weighted by Gasteiger charge is -2.08. The lowest BCUT2D eigenvalue weighted by Crippen LogP contribution is -2.19. The third-order valence-corrected chi connectivity index (χ3v) is 2.78. The summed E-state index contributed by atoms with van der Waals surface area (Å²) in [6, 6.07) is 7.84. The molecule has 0 saturated carbocycles. The smallest absolute Gasteiger partial charge is 0.138 e. The van der Waals surface area contributed by atoms with E-state index < -0.39 is 0 Å². The fraction of sp³-hybridized carbons (Fsp3) is 0.375. The van der Waals surface area contributed by atoms with Crippen molar-refractivity contribution in [2.75, 3.05) is 6.54 Å². The largest absolute Gasteiger partial charge is 0.487 e. The Bertz CT molecular complexity index is 497. The maximum Gasteiger partial charge on any atom is 0.138 e. The Hall–Kier alpha value is -1.94. The van der Waals surface area contributed by atoms with Crippen LogP contribution in [0.15, 0.2) is 42.9 Å². The van der Waals surface area contributed by atoms with Crippen LogP contribution in [0.25, 0.3) is 0 Å². The summed E-state index contributed by atoms with van der Waals surface area (Å²) in [5, 5.41) is 3.37. The van der Waals surface area contributed by atoms with Crippen molar-refractivity contribution in [1.82, 2.24) is 15.3 Å². The first kappa shape index (κ1) is 14.5. The summed E-state index contributed by atoms with van der Waals surface area (Å²) in [7, 11) is 0. The van der Waals surface area contributed by atoms with Gasteiger partial charge >= 0.3 is 0 Å². The van der Waals surface area contributed by atoms with Gasteiger partial charge in [0.15, 0.2) is 0 Å². The van der Waals surface area contributed by atoms with Crippen LogP contribution in [0, 0.1) is 5.92 Å². The highest BCUT2D eigenvalue weighted by molar-refractivity contribution is 5.20. The van der Waals surface area contributed by atoms with Crippen LogP contribution < -0.4 is 10.1 Å². The predicted molar refractivity (Wildman–Crippen MR) is 79.4 cm³/mol. The summed E-state index contributed by atoms with van der Waals surface area (Å²) in [6.07, 6.45) is 5.32. The summed E-state index contributed by atoms with van der Waals surface area (Å²) < 4.78 is 5.67. The van der Waals surface area contributed by atoms with E-state index in [9.17, 15) is 0 Å². The molecular weight excluding hydrogens is 250 g/mol. The van der Waals surface area contributed by atoms with Gasteiger partial charge in [0.25, 0.3) is 0 Å². The van der Waals surface area contributed by atoms with Gasteiger partial charge in [-0.3, -0.25) is 9.97 Å². The Morgan fingerprint density at radius 1 is 1.20 bits per heavy atom. The summed E-state index contributed by atoms with van der Waals surface area (Å²) in [4.78, 5) is 8.44. The fourth-order valence-electron chi connectivity index (χ4n) is 1.74. The molecule has 0 spiro atoms. The minimum Gasteiger partial charge on any atom is -0.487 e. The van der Waals surface area contributed by atoms with E-state index >= 15 is 0 Å². The topological polar surface area (TPSA) is 47.0 Å². The molecule has 0 aliphatic heterocycles. The number of aromatic nitrogens is 2. The van der Waals surface area contributed by atoms with E-state index in [0.717, 1.165) is 30.1 Å². The van der Waals surface area contributed by atoms with Crippen molar-refractivity contribution < 1.29 is 4.74 Å². The van der Waals surface area contributed by atoms with Gasteiger partial charge in [0.1, 0.15) is 12.4 Å². The SMILES string of the molecule is CC(C)CNCc1ccc(OCc2cccnc2)cn1. The van der Waals surface area contributed by atoms with Crippen LogP contribution in [0.3, 0.4) is 0 Å². The molecule has 1 N–H and O–H groups in total. The van der Waals surface area contributed by atoms with E-state index in [0.29, 0.717) is 12.5 Å². The number of pyridine rings is 2. The second kappa shape index (κ2) is 7.60. The molecule has 20 heavy (non-hydrogen) atoms. The quantitative estimate of drug-likeness (QED) is 0.841. The average Bonchev–Trinajstić information content (AvgIpc) is 2.47. The molecule has 2 aromatic rings. The highest BCUT2D eigenvalue weighted by Crippen LogP contribution is 2.11. The molecule has 0 fully saturated rings. The van der Waals surface area contributed by atoms with Crippen LogP contribution in [0.4, 0.5) is 0 Å². The van der Waals surface area contributed by atoms with E-state index in [1.807, 2.05) is 24.3 Å². The molecule has 0 aliphatic carbocycles. The van der Waals surface area contributed by atoms with Gasteiger partial charge in [-0.05, 0) is 30.7 Å². The molecule has 4 heteroatoms. The summed E-state index contributed by atoms with van der Waals surface area (Å²) in [5.41, 5.74) is 2.08. The molecule has 0 saturated heterocycles. The first-order valence-corrected chi connectivity index (χ1v) is 6.91. The molecule has 0 bridgehead atoms. The first-order chi connectivity index (χ1) is 9.74. The molecule has 0 unspecified atom stereocenters. The fourth-order valence-corrected chi connectivity index (χ4v) is 1.74. The Labute approximate surface area is 120 Å². The van der Waals surface area contributed by atoms with Crippen molar-refractivity contribution in [1.29, 1.82) is 0 Å². The van der Waals surface area contributed by atoms with E-state index in [-0.39, 0.29) is 0 Å². The second-order valence-corrected chi connectivity index (χ2v) is 5.16. The van der Waals surface area contributed by atoms with E-state index in [4.69, 9.17) is 4.74 Å². The molecule has 2 heterocycles. The third-order valence-electron chi connectivity index (χ3n) is 2.78. The molecule has 106 valence electrons. The summed E-state index contributed by atoms with van der Waals surface area (Å²) >= 11 is 0. The predicted octanol–water partition coefficient (Wildman–Crippen LogP) is 2.80. The normalized spacial score (nSPS) is 10.8. The maximum absolute atomic E-state index is 5.67. The monoisotopic (exact) mass is 271 g/mol. The van der Waals surface area contributed by atoms with Gasteiger partial charge in [0.2, 0.25) is 0 Å². The maximum atomic E-state index is 5.67. The van der Waals surface area contributed by atoms with Crippen LogP contribution in [0.2, 0.25) is 0 Å². The van der Waals surface area contributed by atoms with Crippen molar-refractivity contribution in [2.24, 2.45) is 5.92 Å². The minimum absolute atomic E-state index is 0.514. The molecular formula is C16H21N3O. The standard InChI is InChI=1S/C16H21N3O/c1-13(2)8-18-10-15-5-6-16(11-19-15)20-12-14-4-3-7-17-9-14/h3-7,9,11,13,18H,8,10,12H2,1-2H3. The van der Waals surface area contributed by atoms with Crippen molar-refractivity contribution in [3.05, 3.63) is 54.1 Å². The number of nitrogens with zero attached hydrogens (tertiary/aromatic N) is 2. The van der Waals surface area contributed by atoms with Crippen molar-refractivity contribution in [3.63, 3.8) is 0 Å². The van der Waals surface area contributed by atoms with Gasteiger partial charge in [-0.2, -0.15) is 0 Å². The van der Waals surface area contributed by atoms with Crippen LogP contribution in [-0.4, -0.2) is 16.5 Å². The van der Waals surface area contributed by atoms with Gasteiger partial charge in [0.05, 0.1) is 11.9 Å². The Morgan fingerprint density at radius 3 is 2.75 bits per heavy atom. The minimum atomic E-state index is 0.514. The lowest BCUT2D eigenvalue weighted by atomic mass is 10.2. The number of hydrogen-bond acceptors (Lipinski definition) is 4. The summed E-state index contributed by atoms with van der Waals surface area (Å²) in [6.45, 7) is 6.69. The molecule has 4 nitrogen and oxygen atoms in total. The van der Waals surface area contributed by atoms with Crippen molar-refractivity contribution >= 4 is 0 Å². The van der Waals surface area contributed by atoms with Gasteiger partial charge in [-0.15, -0.1) is 0 Å². The number of hydrogen-bond donors (Lipinski definition) is 1. The lowest BCUT2D eigenvalue weighted by molar-refractivity contribution is 0.304. The molecule has 2 rings (SSSR count). The molecule has 0 radical (unpaired) electrons. The zero-order chi connectivity index (χ0) is 14.2. The zero-order valence-electron chi connectivity index (χ0n) is 12.0. The Morgan fingerprint density at radius 2 is 2.10 bits per heavy atom. The van der Waals surface area contributed by atoms with Gasteiger partial charge < -0.3 is 10.1 Å². The van der Waals surface area contributed by atoms with Crippen LogP contribution >= 0.6 is 0 Å². The molecule has 0 aromatic carbocycles. The first-order valence-electron chi connectivity index (χ1n) is 6.91. The van der Waals surface area contributed by atoms with Crippen molar-refractivity contribution in [3.8, 4) is 5.75 Å². The van der Waals surface area contributed by atoms with Gasteiger partial charge in [-0.1, -0.05) is 19.9 Å². The van der Waals surface area contributed by atoms with Crippen molar-refractivity contribution in [2.45, 2.75) is 27.0 Å². The van der Waals surface area contributed by atoms with E-state index in [2.05, 4.69) is 29.1 Å². The Kier molecular flexibility index (Phi) is 5.50. The van der Waals surface area contributed by atoms with Crippen LogP contribution in [0.5, 0.6) is 5.75 Å². The second-order valence-electron chi connectivity index (χ2n) is 5.16. The molecule has 0 amide bonds. The van der Waals surface area contributed by atoms with Crippen LogP contribution in [0.1, 0.15) is 25.1 Å². The molecule has 0 aliphatic rings. The highest BCUT2D eigenvalue weighted by atomic mass is 16.5. The van der Waals surface area contributed by atoms with Gasteiger partial charge in [0, 0.05) is 24.5 Å². The average molecular weight is 271 g/mol. The van der Waals surface area contributed by atoms with E-state index in [1.54, 1.807) is 18.6 Å². The Balaban J connectivity index is 1.79. The number of nitrogens with one attached hydrogen (secondary N) is 1. The zero-order valence-corrected chi connectivity index (χ0v) is 12.0. The summed E-state index contributed by atoms with van der Waals surface area (Å²) in [5.74, 6) is 1.43.